The lowest BCUT2D eigenvalue weighted by atomic mass is 9.62. The summed E-state index contributed by atoms with van der Waals surface area (Å²) in [5.41, 5.74) is 3.24. The normalized spacial score (nSPS) is 20.3. The van der Waals surface area contributed by atoms with Gasteiger partial charge in [0.25, 0.3) is 0 Å². The van der Waals surface area contributed by atoms with Crippen LogP contribution in [0.15, 0.2) is 12.1 Å². The van der Waals surface area contributed by atoms with Gasteiger partial charge >= 0.3 is 6.09 Å². The fraction of sp³-hybridized carbons (Fsp3) is 0.625. The number of amides is 1. The number of ketones is 2. The standard InChI is InChI=1S/C24H33NO4/c1-15-11-16(2)20(17(3)12-15)21-18(26)13-24(14-19(21)27)7-9-25(10-8-24)22(28)29-23(4,5)6/h11-12,21H,7-10,13-14H2,1-6H3. The summed E-state index contributed by atoms with van der Waals surface area (Å²) in [5.74, 6) is -0.575. The second kappa shape index (κ2) is 7.58. The molecule has 1 aliphatic heterocycles. The smallest absolute Gasteiger partial charge is 0.410 e. The first kappa shape index (κ1) is 21.5. The molecule has 5 heteroatoms. The lowest BCUT2D eigenvalue weighted by Gasteiger charge is -2.44. The molecule has 0 unspecified atom stereocenters. The highest BCUT2D eigenvalue weighted by Crippen LogP contribution is 2.46. The highest BCUT2D eigenvalue weighted by Gasteiger charge is 2.48. The van der Waals surface area contributed by atoms with Crippen molar-refractivity contribution >= 4 is 17.7 Å². The molecule has 1 saturated heterocycles. The molecule has 3 rings (SSSR count). The van der Waals surface area contributed by atoms with E-state index in [1.54, 1.807) is 4.90 Å². The third kappa shape index (κ3) is 4.54. The molecule has 1 aromatic carbocycles. The van der Waals surface area contributed by atoms with Gasteiger partial charge in [0, 0.05) is 25.9 Å². The van der Waals surface area contributed by atoms with Crippen LogP contribution in [0, 0.1) is 26.2 Å². The fourth-order valence-corrected chi connectivity index (χ4v) is 5.00. The maximum absolute atomic E-state index is 13.1. The Kier molecular flexibility index (Phi) is 5.63. The summed E-state index contributed by atoms with van der Waals surface area (Å²) >= 11 is 0. The van der Waals surface area contributed by atoms with E-state index in [2.05, 4.69) is 0 Å². The molecule has 1 aliphatic carbocycles. The van der Waals surface area contributed by atoms with Gasteiger partial charge in [-0.15, -0.1) is 0 Å². The molecule has 5 nitrogen and oxygen atoms in total. The number of hydrogen-bond acceptors (Lipinski definition) is 4. The SMILES string of the molecule is Cc1cc(C)c(C2C(=O)CC3(CCN(C(=O)OC(C)(C)C)CC3)CC2=O)c(C)c1. The van der Waals surface area contributed by atoms with E-state index in [0.717, 1.165) is 22.3 Å². The topological polar surface area (TPSA) is 63.7 Å². The first-order valence-electron chi connectivity index (χ1n) is 10.5. The van der Waals surface area contributed by atoms with Crippen molar-refractivity contribution in [2.24, 2.45) is 5.41 Å². The van der Waals surface area contributed by atoms with Crippen molar-refractivity contribution in [1.82, 2.24) is 4.90 Å². The molecule has 0 atom stereocenters. The number of hydrogen-bond donors (Lipinski definition) is 0. The van der Waals surface area contributed by atoms with Crippen molar-refractivity contribution in [2.75, 3.05) is 13.1 Å². The van der Waals surface area contributed by atoms with Crippen LogP contribution in [0.2, 0.25) is 0 Å². The number of aryl methyl sites for hydroxylation is 3. The van der Waals surface area contributed by atoms with Crippen LogP contribution in [0.3, 0.4) is 0 Å². The van der Waals surface area contributed by atoms with Crippen LogP contribution in [-0.4, -0.2) is 41.3 Å². The molecular weight excluding hydrogens is 366 g/mol. The van der Waals surface area contributed by atoms with Crippen molar-refractivity contribution in [1.29, 1.82) is 0 Å². The molecule has 2 fully saturated rings. The number of benzene rings is 1. The van der Waals surface area contributed by atoms with Crippen molar-refractivity contribution in [2.45, 2.75) is 78.7 Å². The third-order valence-electron chi connectivity index (χ3n) is 6.24. The predicted octanol–water partition coefficient (Wildman–Crippen LogP) is 4.64. The predicted molar refractivity (Wildman–Crippen MR) is 112 cm³/mol. The van der Waals surface area contributed by atoms with Crippen LogP contribution in [0.1, 0.15) is 74.6 Å². The maximum Gasteiger partial charge on any atom is 0.410 e. The Balaban J connectivity index is 1.72. The van der Waals surface area contributed by atoms with Crippen LogP contribution >= 0.6 is 0 Å². The number of ether oxygens (including phenoxy) is 1. The molecule has 0 radical (unpaired) electrons. The van der Waals surface area contributed by atoms with Gasteiger partial charge in [-0.3, -0.25) is 9.59 Å². The second-order valence-corrected chi connectivity index (χ2v) is 10.00. The number of rotatable bonds is 1. The molecule has 0 aromatic heterocycles. The van der Waals surface area contributed by atoms with E-state index in [-0.39, 0.29) is 23.1 Å². The van der Waals surface area contributed by atoms with Gasteiger partial charge in [-0.2, -0.15) is 0 Å². The van der Waals surface area contributed by atoms with Gasteiger partial charge in [0.1, 0.15) is 23.1 Å². The van der Waals surface area contributed by atoms with Crippen LogP contribution < -0.4 is 0 Å². The number of nitrogens with zero attached hydrogens (tertiary/aromatic N) is 1. The fourth-order valence-electron chi connectivity index (χ4n) is 5.00. The zero-order valence-corrected chi connectivity index (χ0v) is 18.6. The average molecular weight is 400 g/mol. The number of likely N-dealkylation sites (tertiary alicyclic amines) is 1. The molecule has 1 heterocycles. The minimum absolute atomic E-state index is 0.0296. The van der Waals surface area contributed by atoms with Crippen LogP contribution in [0.5, 0.6) is 0 Å². The Bertz CT molecular complexity index is 798. The van der Waals surface area contributed by atoms with Crippen LogP contribution in [0.4, 0.5) is 4.79 Å². The minimum Gasteiger partial charge on any atom is -0.444 e. The molecule has 2 aliphatic rings. The molecular formula is C24H33NO4. The Morgan fingerprint density at radius 1 is 1.00 bits per heavy atom. The number of Topliss-reactive ketones (excluding diaryl/α,β-unsaturated/α-hetero) is 2. The van der Waals surface area contributed by atoms with Gasteiger partial charge < -0.3 is 9.64 Å². The molecule has 158 valence electrons. The minimum atomic E-state index is -0.634. The van der Waals surface area contributed by atoms with E-state index >= 15 is 0 Å². The number of carbonyl (C=O) groups is 3. The largest absolute Gasteiger partial charge is 0.444 e. The van der Waals surface area contributed by atoms with E-state index in [1.807, 2.05) is 53.7 Å². The van der Waals surface area contributed by atoms with Gasteiger partial charge in [-0.1, -0.05) is 17.7 Å². The molecule has 1 saturated carbocycles. The lowest BCUT2D eigenvalue weighted by Crippen LogP contribution is -2.49. The van der Waals surface area contributed by atoms with E-state index in [0.29, 0.717) is 38.8 Å². The van der Waals surface area contributed by atoms with E-state index in [4.69, 9.17) is 4.74 Å². The quantitative estimate of drug-likeness (QED) is 0.645. The van der Waals surface area contributed by atoms with Crippen LogP contribution in [0.25, 0.3) is 0 Å². The summed E-state index contributed by atoms with van der Waals surface area (Å²) < 4.78 is 5.46. The first-order chi connectivity index (χ1) is 13.4. The molecule has 0 N–H and O–H groups in total. The summed E-state index contributed by atoms with van der Waals surface area (Å²) in [6.07, 6.45) is 1.85. The van der Waals surface area contributed by atoms with Gasteiger partial charge in [-0.05, 0) is 76.5 Å². The molecule has 0 bridgehead atoms. The van der Waals surface area contributed by atoms with Crippen LogP contribution in [-0.2, 0) is 14.3 Å². The highest BCUT2D eigenvalue weighted by atomic mass is 16.6. The zero-order chi connectivity index (χ0) is 21.6. The summed E-state index contributed by atoms with van der Waals surface area (Å²) in [4.78, 5) is 40.3. The molecule has 1 amide bonds. The molecule has 1 spiro atoms. The Labute approximate surface area is 173 Å². The summed E-state index contributed by atoms with van der Waals surface area (Å²) in [6, 6.07) is 4.10. The number of piperidine rings is 1. The Hall–Kier alpha value is -2.17. The third-order valence-corrected chi connectivity index (χ3v) is 6.24. The van der Waals surface area contributed by atoms with E-state index < -0.39 is 11.5 Å². The van der Waals surface area contributed by atoms with E-state index in [9.17, 15) is 14.4 Å². The lowest BCUT2D eigenvalue weighted by molar-refractivity contribution is -0.138. The van der Waals surface area contributed by atoms with Crippen molar-refractivity contribution in [3.8, 4) is 0 Å². The Morgan fingerprint density at radius 2 is 1.48 bits per heavy atom. The van der Waals surface area contributed by atoms with Gasteiger partial charge in [0.05, 0.1) is 0 Å². The Morgan fingerprint density at radius 3 is 1.93 bits per heavy atom. The van der Waals surface area contributed by atoms with Crippen molar-refractivity contribution < 1.29 is 19.1 Å². The summed E-state index contributed by atoms with van der Waals surface area (Å²) in [6.45, 7) is 12.6. The highest BCUT2D eigenvalue weighted by molar-refractivity contribution is 6.10. The molecule has 29 heavy (non-hydrogen) atoms. The van der Waals surface area contributed by atoms with Gasteiger partial charge in [-0.25, -0.2) is 4.79 Å². The summed E-state index contributed by atoms with van der Waals surface area (Å²) in [7, 11) is 0. The average Bonchev–Trinajstić information content (AvgIpc) is 2.55. The molecule has 1 aromatic rings. The van der Waals surface area contributed by atoms with Gasteiger partial charge in [0.15, 0.2) is 0 Å². The maximum atomic E-state index is 13.1. The number of carbonyl (C=O) groups excluding carboxylic acids is 3. The second-order valence-electron chi connectivity index (χ2n) is 10.00. The van der Waals surface area contributed by atoms with E-state index in [1.165, 1.54) is 0 Å². The summed E-state index contributed by atoms with van der Waals surface area (Å²) in [5, 5.41) is 0. The van der Waals surface area contributed by atoms with Crippen molar-refractivity contribution in [3.05, 3.63) is 34.4 Å². The zero-order valence-electron chi connectivity index (χ0n) is 18.6. The monoisotopic (exact) mass is 399 g/mol. The van der Waals surface area contributed by atoms with Gasteiger partial charge in [0.2, 0.25) is 0 Å². The van der Waals surface area contributed by atoms with Crippen molar-refractivity contribution in [3.63, 3.8) is 0 Å². The first-order valence-corrected chi connectivity index (χ1v) is 10.5.